The average molecular weight is 269 g/mol. The van der Waals surface area contributed by atoms with Gasteiger partial charge in [-0.15, -0.1) is 0 Å². The number of aliphatic carboxylic acids is 1. The van der Waals surface area contributed by atoms with Gasteiger partial charge in [-0.25, -0.2) is 4.79 Å². The van der Waals surface area contributed by atoms with Crippen molar-refractivity contribution in [2.75, 3.05) is 0 Å². The lowest BCUT2D eigenvalue weighted by molar-refractivity contribution is -0.150. The van der Waals surface area contributed by atoms with Crippen molar-refractivity contribution >= 4 is 11.9 Å². The molecule has 1 amide bonds. The molecule has 0 aromatic carbocycles. The zero-order valence-corrected chi connectivity index (χ0v) is 12.4. The van der Waals surface area contributed by atoms with Crippen molar-refractivity contribution in [2.24, 2.45) is 11.8 Å². The summed E-state index contributed by atoms with van der Waals surface area (Å²) in [6.07, 6.45) is 5.84. The minimum Gasteiger partial charge on any atom is -0.480 e. The van der Waals surface area contributed by atoms with Crippen molar-refractivity contribution in [1.82, 2.24) is 5.32 Å². The summed E-state index contributed by atoms with van der Waals surface area (Å²) in [7, 11) is 0. The number of hydrogen-bond acceptors (Lipinski definition) is 2. The lowest BCUT2D eigenvalue weighted by Crippen LogP contribution is -2.57. The van der Waals surface area contributed by atoms with Gasteiger partial charge in [-0.05, 0) is 18.8 Å². The maximum absolute atomic E-state index is 12.3. The third-order valence-electron chi connectivity index (χ3n) is 4.65. The van der Waals surface area contributed by atoms with Crippen LogP contribution in [0.5, 0.6) is 0 Å². The highest BCUT2D eigenvalue weighted by Gasteiger charge is 2.42. The third-order valence-corrected chi connectivity index (χ3v) is 4.65. The van der Waals surface area contributed by atoms with Gasteiger partial charge in [-0.2, -0.15) is 0 Å². The van der Waals surface area contributed by atoms with Crippen LogP contribution in [0, 0.1) is 11.8 Å². The summed E-state index contributed by atoms with van der Waals surface area (Å²) >= 11 is 0. The molecule has 0 aromatic heterocycles. The zero-order chi connectivity index (χ0) is 14.5. The molecule has 110 valence electrons. The van der Waals surface area contributed by atoms with Gasteiger partial charge in [0.15, 0.2) is 0 Å². The molecule has 0 saturated heterocycles. The van der Waals surface area contributed by atoms with Crippen molar-refractivity contribution in [3.8, 4) is 0 Å². The van der Waals surface area contributed by atoms with E-state index in [0.717, 1.165) is 32.1 Å². The standard InChI is InChI=1S/C15H27NO3/c1-4-12(5-2)11(3)13(17)16-15(14(18)19)9-7-6-8-10-15/h11-12H,4-10H2,1-3H3,(H,16,17)(H,18,19). The maximum atomic E-state index is 12.3. The van der Waals surface area contributed by atoms with Crippen molar-refractivity contribution in [3.05, 3.63) is 0 Å². The molecule has 1 rings (SSSR count). The Hall–Kier alpha value is -1.06. The second-order valence-corrected chi connectivity index (χ2v) is 5.80. The molecule has 1 atom stereocenters. The summed E-state index contributed by atoms with van der Waals surface area (Å²) in [6, 6.07) is 0. The van der Waals surface area contributed by atoms with Crippen LogP contribution in [-0.2, 0) is 9.59 Å². The first-order valence-corrected chi connectivity index (χ1v) is 7.52. The summed E-state index contributed by atoms with van der Waals surface area (Å²) in [4.78, 5) is 23.8. The van der Waals surface area contributed by atoms with Crippen LogP contribution in [0.3, 0.4) is 0 Å². The summed E-state index contributed by atoms with van der Waals surface area (Å²) < 4.78 is 0. The van der Waals surface area contributed by atoms with E-state index >= 15 is 0 Å². The number of nitrogens with one attached hydrogen (secondary N) is 1. The molecule has 1 saturated carbocycles. The molecule has 0 bridgehead atoms. The molecule has 1 fully saturated rings. The number of carbonyl (C=O) groups is 2. The van der Waals surface area contributed by atoms with Gasteiger partial charge < -0.3 is 10.4 Å². The van der Waals surface area contributed by atoms with Gasteiger partial charge in [0.05, 0.1) is 0 Å². The van der Waals surface area contributed by atoms with E-state index in [2.05, 4.69) is 19.2 Å². The Morgan fingerprint density at radius 2 is 1.68 bits per heavy atom. The smallest absolute Gasteiger partial charge is 0.329 e. The lowest BCUT2D eigenvalue weighted by Gasteiger charge is -2.35. The van der Waals surface area contributed by atoms with Gasteiger partial charge in [-0.3, -0.25) is 4.79 Å². The fraction of sp³-hybridized carbons (Fsp3) is 0.867. The Labute approximate surface area is 116 Å². The monoisotopic (exact) mass is 269 g/mol. The van der Waals surface area contributed by atoms with E-state index in [4.69, 9.17) is 0 Å². The quantitative estimate of drug-likeness (QED) is 0.779. The predicted octanol–water partition coefficient (Wildman–Crippen LogP) is 2.96. The van der Waals surface area contributed by atoms with Crippen molar-refractivity contribution < 1.29 is 14.7 Å². The first kappa shape index (κ1) is 16.0. The van der Waals surface area contributed by atoms with E-state index in [1.165, 1.54) is 0 Å². The predicted molar refractivity (Wildman–Crippen MR) is 74.8 cm³/mol. The Morgan fingerprint density at radius 3 is 2.11 bits per heavy atom. The minimum absolute atomic E-state index is 0.0991. The maximum Gasteiger partial charge on any atom is 0.329 e. The summed E-state index contributed by atoms with van der Waals surface area (Å²) in [6.45, 7) is 6.06. The molecule has 0 aromatic rings. The van der Waals surface area contributed by atoms with Crippen LogP contribution in [-0.4, -0.2) is 22.5 Å². The molecule has 4 nitrogen and oxygen atoms in total. The van der Waals surface area contributed by atoms with Gasteiger partial charge in [0.2, 0.25) is 5.91 Å². The number of carbonyl (C=O) groups excluding carboxylic acids is 1. The molecule has 1 aliphatic carbocycles. The van der Waals surface area contributed by atoms with E-state index < -0.39 is 11.5 Å². The molecular weight excluding hydrogens is 242 g/mol. The Balaban J connectivity index is 2.74. The van der Waals surface area contributed by atoms with Crippen LogP contribution in [0.25, 0.3) is 0 Å². The average Bonchev–Trinajstić information content (AvgIpc) is 2.40. The Bertz CT molecular complexity index is 317. The normalized spacial score (nSPS) is 20.0. The second-order valence-electron chi connectivity index (χ2n) is 5.80. The SMILES string of the molecule is CCC(CC)C(C)C(=O)NC1(C(=O)O)CCCCC1. The molecule has 0 aliphatic heterocycles. The number of hydrogen-bond donors (Lipinski definition) is 2. The van der Waals surface area contributed by atoms with Gasteiger partial charge in [-0.1, -0.05) is 52.9 Å². The molecular formula is C15H27NO3. The van der Waals surface area contributed by atoms with Crippen LogP contribution >= 0.6 is 0 Å². The molecule has 0 spiro atoms. The van der Waals surface area contributed by atoms with Gasteiger partial charge >= 0.3 is 5.97 Å². The van der Waals surface area contributed by atoms with E-state index in [-0.39, 0.29) is 11.8 Å². The first-order valence-electron chi connectivity index (χ1n) is 7.52. The van der Waals surface area contributed by atoms with Gasteiger partial charge in [0.1, 0.15) is 5.54 Å². The fourth-order valence-corrected chi connectivity index (χ4v) is 3.11. The van der Waals surface area contributed by atoms with E-state index in [9.17, 15) is 14.7 Å². The van der Waals surface area contributed by atoms with E-state index in [1.54, 1.807) is 0 Å². The minimum atomic E-state index is -1.02. The summed E-state index contributed by atoms with van der Waals surface area (Å²) in [5.41, 5.74) is -1.02. The Morgan fingerprint density at radius 1 is 1.16 bits per heavy atom. The molecule has 4 heteroatoms. The number of carboxylic acid groups (broad SMARTS) is 1. The molecule has 0 radical (unpaired) electrons. The highest BCUT2D eigenvalue weighted by Crippen LogP contribution is 2.30. The molecule has 0 heterocycles. The highest BCUT2D eigenvalue weighted by molar-refractivity contribution is 5.88. The van der Waals surface area contributed by atoms with Gasteiger partial charge in [0, 0.05) is 5.92 Å². The van der Waals surface area contributed by atoms with E-state index in [0.29, 0.717) is 18.8 Å². The highest BCUT2D eigenvalue weighted by atomic mass is 16.4. The Kier molecular flexibility index (Phi) is 5.83. The lowest BCUT2D eigenvalue weighted by atomic mass is 9.80. The van der Waals surface area contributed by atoms with E-state index in [1.807, 2.05) is 6.92 Å². The fourth-order valence-electron chi connectivity index (χ4n) is 3.11. The van der Waals surface area contributed by atoms with Crippen LogP contribution in [0.1, 0.15) is 65.7 Å². The van der Waals surface area contributed by atoms with Crippen molar-refractivity contribution in [1.29, 1.82) is 0 Å². The topological polar surface area (TPSA) is 66.4 Å². The number of carboxylic acids is 1. The van der Waals surface area contributed by atoms with Gasteiger partial charge in [0.25, 0.3) is 0 Å². The summed E-state index contributed by atoms with van der Waals surface area (Å²) in [5, 5.41) is 12.3. The first-order chi connectivity index (χ1) is 8.96. The molecule has 2 N–H and O–H groups in total. The van der Waals surface area contributed by atoms with Crippen LogP contribution in [0.2, 0.25) is 0 Å². The van der Waals surface area contributed by atoms with Crippen LogP contribution < -0.4 is 5.32 Å². The molecule has 1 aliphatic rings. The van der Waals surface area contributed by atoms with Crippen molar-refractivity contribution in [3.63, 3.8) is 0 Å². The van der Waals surface area contributed by atoms with Crippen molar-refractivity contribution in [2.45, 2.75) is 71.3 Å². The van der Waals surface area contributed by atoms with Crippen LogP contribution in [0.4, 0.5) is 0 Å². The number of rotatable bonds is 6. The second kappa shape index (κ2) is 6.92. The zero-order valence-electron chi connectivity index (χ0n) is 12.4. The number of amides is 1. The summed E-state index contributed by atoms with van der Waals surface area (Å²) in [5.74, 6) is -0.766. The molecule has 1 unspecified atom stereocenters. The third kappa shape index (κ3) is 3.71. The molecule has 19 heavy (non-hydrogen) atoms. The van der Waals surface area contributed by atoms with Crippen LogP contribution in [0.15, 0.2) is 0 Å². The largest absolute Gasteiger partial charge is 0.480 e.